The number of hydrogen-bond acceptors (Lipinski definition) is 3. The molecule has 2 aromatic rings. The molecule has 0 atom stereocenters. The molecule has 0 N–H and O–H groups in total. The van der Waals surface area contributed by atoms with E-state index in [4.69, 9.17) is 14.7 Å². The number of aryl methyl sites for hydroxylation is 1. The number of benzene rings is 2. The predicted molar refractivity (Wildman–Crippen MR) is 73.2 cm³/mol. The first kappa shape index (κ1) is 13.0. The Morgan fingerprint density at radius 1 is 1.11 bits per heavy atom. The van der Waals surface area contributed by atoms with Gasteiger partial charge in [-0.25, -0.2) is 0 Å². The van der Waals surface area contributed by atoms with Gasteiger partial charge in [0.2, 0.25) is 0 Å². The molecule has 0 heterocycles. The highest BCUT2D eigenvalue weighted by molar-refractivity contribution is 5.41. The minimum atomic E-state index is 0.497. The van der Waals surface area contributed by atoms with Gasteiger partial charge < -0.3 is 9.47 Å². The summed E-state index contributed by atoms with van der Waals surface area (Å²) in [6, 6.07) is 15.3. The van der Waals surface area contributed by atoms with Crippen LogP contribution in [0.2, 0.25) is 0 Å². The van der Waals surface area contributed by atoms with E-state index in [9.17, 15) is 0 Å². The number of rotatable bonds is 4. The molecule has 0 unspecified atom stereocenters. The van der Waals surface area contributed by atoms with Crippen molar-refractivity contribution in [3.05, 3.63) is 59.2 Å². The Hall–Kier alpha value is -2.47. The molecule has 0 aliphatic carbocycles. The molecule has 2 aromatic carbocycles. The maximum atomic E-state index is 8.81. The van der Waals surface area contributed by atoms with E-state index in [2.05, 4.69) is 6.07 Å². The van der Waals surface area contributed by atoms with Crippen LogP contribution in [0.1, 0.15) is 16.7 Å². The van der Waals surface area contributed by atoms with Crippen LogP contribution in [0, 0.1) is 18.3 Å². The summed E-state index contributed by atoms with van der Waals surface area (Å²) in [4.78, 5) is 0. The van der Waals surface area contributed by atoms with Crippen molar-refractivity contribution in [1.82, 2.24) is 0 Å². The molecule has 0 radical (unpaired) electrons. The zero-order valence-electron chi connectivity index (χ0n) is 11.0. The summed E-state index contributed by atoms with van der Waals surface area (Å²) in [7, 11) is 1.64. The molecule has 0 spiro atoms. The van der Waals surface area contributed by atoms with Gasteiger partial charge >= 0.3 is 0 Å². The maximum absolute atomic E-state index is 8.81. The van der Waals surface area contributed by atoms with E-state index in [1.807, 2.05) is 43.3 Å². The molecule has 96 valence electrons. The lowest BCUT2D eigenvalue weighted by atomic mass is 10.1. The number of methoxy groups -OCH3 is 1. The molecular formula is C16H15NO2. The molecule has 0 aromatic heterocycles. The van der Waals surface area contributed by atoms with Gasteiger partial charge in [-0.2, -0.15) is 5.26 Å². The Morgan fingerprint density at radius 3 is 2.42 bits per heavy atom. The van der Waals surface area contributed by atoms with Crippen LogP contribution in [-0.2, 0) is 6.61 Å². The van der Waals surface area contributed by atoms with Gasteiger partial charge in [-0.3, -0.25) is 0 Å². The second-order valence-corrected chi connectivity index (χ2v) is 4.23. The van der Waals surface area contributed by atoms with Gasteiger partial charge in [-0.15, -0.1) is 0 Å². The van der Waals surface area contributed by atoms with Gasteiger partial charge in [0.25, 0.3) is 0 Å². The number of ether oxygens (including phenoxy) is 2. The fourth-order valence-corrected chi connectivity index (χ4v) is 1.76. The van der Waals surface area contributed by atoms with Crippen molar-refractivity contribution in [3.8, 4) is 17.6 Å². The van der Waals surface area contributed by atoms with E-state index < -0.39 is 0 Å². The summed E-state index contributed by atoms with van der Waals surface area (Å²) in [6.45, 7) is 2.43. The van der Waals surface area contributed by atoms with Crippen molar-refractivity contribution in [3.63, 3.8) is 0 Å². The first-order valence-corrected chi connectivity index (χ1v) is 5.99. The molecule has 19 heavy (non-hydrogen) atoms. The van der Waals surface area contributed by atoms with E-state index in [0.29, 0.717) is 12.2 Å². The predicted octanol–water partition coefficient (Wildman–Crippen LogP) is 3.45. The Labute approximate surface area is 113 Å². The number of hydrogen-bond donors (Lipinski definition) is 0. The fourth-order valence-electron chi connectivity index (χ4n) is 1.76. The summed E-state index contributed by atoms with van der Waals surface area (Å²) in [5, 5.41) is 8.81. The van der Waals surface area contributed by atoms with E-state index in [1.165, 1.54) is 0 Å². The smallest absolute Gasteiger partial charge is 0.122 e. The van der Waals surface area contributed by atoms with Crippen molar-refractivity contribution in [2.24, 2.45) is 0 Å². The Bertz CT molecular complexity index is 597. The lowest BCUT2D eigenvalue weighted by Crippen LogP contribution is -1.97. The van der Waals surface area contributed by atoms with Gasteiger partial charge in [-0.05, 0) is 48.4 Å². The first-order chi connectivity index (χ1) is 9.22. The quantitative estimate of drug-likeness (QED) is 0.838. The van der Waals surface area contributed by atoms with Crippen molar-refractivity contribution >= 4 is 0 Å². The fraction of sp³-hybridized carbons (Fsp3) is 0.188. The highest BCUT2D eigenvalue weighted by Crippen LogP contribution is 2.20. The molecule has 0 aliphatic rings. The lowest BCUT2D eigenvalue weighted by Gasteiger charge is -2.09. The van der Waals surface area contributed by atoms with Gasteiger partial charge in [0.05, 0.1) is 18.7 Å². The standard InChI is InChI=1S/C16H15NO2/c1-12-9-14(10-17)5-8-16(12)19-11-13-3-6-15(18-2)7-4-13/h3-9H,11H2,1-2H3. The van der Waals surface area contributed by atoms with Crippen molar-refractivity contribution < 1.29 is 9.47 Å². The zero-order valence-corrected chi connectivity index (χ0v) is 11.0. The monoisotopic (exact) mass is 253 g/mol. The summed E-state index contributed by atoms with van der Waals surface area (Å²) in [5.41, 5.74) is 2.69. The largest absolute Gasteiger partial charge is 0.497 e. The topological polar surface area (TPSA) is 42.2 Å². The van der Waals surface area contributed by atoms with Gasteiger partial charge in [0.1, 0.15) is 18.1 Å². The third-order valence-electron chi connectivity index (χ3n) is 2.86. The molecule has 0 amide bonds. The third-order valence-corrected chi connectivity index (χ3v) is 2.86. The number of nitrogens with zero attached hydrogens (tertiary/aromatic N) is 1. The number of nitriles is 1. The van der Waals surface area contributed by atoms with Crippen molar-refractivity contribution in [2.75, 3.05) is 7.11 Å². The van der Waals surface area contributed by atoms with E-state index in [0.717, 1.165) is 22.6 Å². The SMILES string of the molecule is COc1ccc(COc2ccc(C#N)cc2C)cc1. The van der Waals surface area contributed by atoms with Gasteiger partial charge in [-0.1, -0.05) is 12.1 Å². The van der Waals surface area contributed by atoms with E-state index in [-0.39, 0.29) is 0 Å². The van der Waals surface area contributed by atoms with Crippen LogP contribution >= 0.6 is 0 Å². The molecule has 3 heteroatoms. The third kappa shape index (κ3) is 3.26. The van der Waals surface area contributed by atoms with Crippen LogP contribution in [0.4, 0.5) is 0 Å². The molecule has 0 saturated heterocycles. The first-order valence-electron chi connectivity index (χ1n) is 5.99. The van der Waals surface area contributed by atoms with Crippen LogP contribution in [0.5, 0.6) is 11.5 Å². The van der Waals surface area contributed by atoms with E-state index in [1.54, 1.807) is 13.2 Å². The van der Waals surface area contributed by atoms with Crippen LogP contribution in [0.25, 0.3) is 0 Å². The van der Waals surface area contributed by atoms with Crippen LogP contribution in [-0.4, -0.2) is 7.11 Å². The van der Waals surface area contributed by atoms with Crippen LogP contribution in [0.3, 0.4) is 0 Å². The minimum Gasteiger partial charge on any atom is -0.497 e. The Kier molecular flexibility index (Phi) is 4.04. The average Bonchev–Trinajstić information content (AvgIpc) is 2.46. The summed E-state index contributed by atoms with van der Waals surface area (Å²) < 4.78 is 10.9. The molecular weight excluding hydrogens is 238 g/mol. The molecule has 0 aliphatic heterocycles. The summed E-state index contributed by atoms with van der Waals surface area (Å²) in [6.07, 6.45) is 0. The van der Waals surface area contributed by atoms with Crippen LogP contribution in [0.15, 0.2) is 42.5 Å². The Morgan fingerprint density at radius 2 is 1.84 bits per heavy atom. The second-order valence-electron chi connectivity index (χ2n) is 4.23. The molecule has 2 rings (SSSR count). The van der Waals surface area contributed by atoms with Gasteiger partial charge in [0, 0.05) is 0 Å². The van der Waals surface area contributed by atoms with Crippen molar-refractivity contribution in [1.29, 1.82) is 5.26 Å². The molecule has 0 bridgehead atoms. The minimum absolute atomic E-state index is 0.497. The van der Waals surface area contributed by atoms with Gasteiger partial charge in [0.15, 0.2) is 0 Å². The molecule has 3 nitrogen and oxygen atoms in total. The highest BCUT2D eigenvalue weighted by Gasteiger charge is 2.02. The average molecular weight is 253 g/mol. The highest BCUT2D eigenvalue weighted by atomic mass is 16.5. The normalized spacial score (nSPS) is 9.74. The summed E-state index contributed by atoms with van der Waals surface area (Å²) in [5.74, 6) is 1.63. The zero-order chi connectivity index (χ0) is 13.7. The van der Waals surface area contributed by atoms with E-state index >= 15 is 0 Å². The summed E-state index contributed by atoms with van der Waals surface area (Å²) >= 11 is 0. The van der Waals surface area contributed by atoms with Crippen molar-refractivity contribution in [2.45, 2.75) is 13.5 Å². The molecule has 0 saturated carbocycles. The van der Waals surface area contributed by atoms with Crippen LogP contribution < -0.4 is 9.47 Å². The lowest BCUT2D eigenvalue weighted by molar-refractivity contribution is 0.304. The maximum Gasteiger partial charge on any atom is 0.122 e. The second kappa shape index (κ2) is 5.92. The Balaban J connectivity index is 2.04. The molecule has 0 fully saturated rings.